The third kappa shape index (κ3) is 3.98. The van der Waals surface area contributed by atoms with E-state index < -0.39 is 0 Å². The minimum absolute atomic E-state index is 0.109. The fourth-order valence-corrected chi connectivity index (χ4v) is 3.26. The summed E-state index contributed by atoms with van der Waals surface area (Å²) >= 11 is 6.06. The molecule has 2 rings (SSSR count). The van der Waals surface area contributed by atoms with Crippen LogP contribution in [-0.2, 0) is 0 Å². The molecule has 0 aliphatic heterocycles. The minimum atomic E-state index is 0.109. The predicted molar refractivity (Wildman–Crippen MR) is 87.7 cm³/mol. The van der Waals surface area contributed by atoms with Crippen molar-refractivity contribution in [2.75, 3.05) is 6.54 Å². The summed E-state index contributed by atoms with van der Waals surface area (Å²) in [6, 6.07) is 6.15. The van der Waals surface area contributed by atoms with Crippen molar-refractivity contribution in [2.24, 2.45) is 5.73 Å². The maximum atomic E-state index is 12.9. The van der Waals surface area contributed by atoms with E-state index in [9.17, 15) is 4.79 Å². The number of carbonyl (C=O) groups is 1. The normalized spacial score (nSPS) is 22.1. The Morgan fingerprint density at radius 2 is 2.00 bits per heavy atom. The van der Waals surface area contributed by atoms with E-state index in [4.69, 9.17) is 17.3 Å². The number of amides is 1. The molecule has 1 aromatic carbocycles. The van der Waals surface area contributed by atoms with Crippen LogP contribution in [0.2, 0.25) is 5.02 Å². The molecule has 0 unspecified atom stereocenters. The minimum Gasteiger partial charge on any atom is -0.336 e. The van der Waals surface area contributed by atoms with Crippen molar-refractivity contribution >= 4 is 17.5 Å². The van der Waals surface area contributed by atoms with E-state index in [1.807, 2.05) is 24.0 Å². The lowest BCUT2D eigenvalue weighted by molar-refractivity contribution is 0.0626. The summed E-state index contributed by atoms with van der Waals surface area (Å²) in [5, 5.41) is 0.617. The van der Waals surface area contributed by atoms with Crippen LogP contribution >= 0.6 is 11.6 Å². The summed E-state index contributed by atoms with van der Waals surface area (Å²) in [7, 11) is 0. The lowest BCUT2D eigenvalue weighted by atomic mass is 9.90. The van der Waals surface area contributed by atoms with Gasteiger partial charge in [0.2, 0.25) is 0 Å². The Morgan fingerprint density at radius 3 is 2.62 bits per heavy atom. The summed E-state index contributed by atoms with van der Waals surface area (Å²) in [5.74, 6) is 0.109. The predicted octanol–water partition coefficient (Wildman–Crippen LogP) is 3.77. The van der Waals surface area contributed by atoms with Crippen LogP contribution in [-0.4, -0.2) is 29.4 Å². The van der Waals surface area contributed by atoms with Gasteiger partial charge in [0.05, 0.1) is 0 Å². The molecule has 116 valence electrons. The van der Waals surface area contributed by atoms with Gasteiger partial charge < -0.3 is 10.6 Å². The van der Waals surface area contributed by atoms with Gasteiger partial charge in [-0.1, -0.05) is 24.6 Å². The molecule has 1 aliphatic carbocycles. The summed E-state index contributed by atoms with van der Waals surface area (Å²) in [6.07, 6.45) is 4.99. The highest BCUT2D eigenvalue weighted by molar-refractivity contribution is 6.31. The monoisotopic (exact) mass is 308 g/mol. The Kier molecular flexibility index (Phi) is 5.65. The van der Waals surface area contributed by atoms with Gasteiger partial charge in [-0.05, 0) is 56.7 Å². The van der Waals surface area contributed by atoms with Gasteiger partial charge >= 0.3 is 0 Å². The lowest BCUT2D eigenvalue weighted by Gasteiger charge is -2.36. The molecule has 0 heterocycles. The quantitative estimate of drug-likeness (QED) is 0.920. The number of nitrogens with zero attached hydrogens (tertiary/aromatic N) is 1. The average Bonchev–Trinajstić information content (AvgIpc) is 2.48. The first-order valence-corrected chi connectivity index (χ1v) is 8.23. The number of carbonyl (C=O) groups excluding carboxylic acids is 1. The molecule has 0 atom stereocenters. The smallest absolute Gasteiger partial charge is 0.254 e. The molecule has 1 fully saturated rings. The van der Waals surface area contributed by atoms with E-state index in [1.54, 1.807) is 6.07 Å². The number of aryl methyl sites for hydroxylation is 1. The van der Waals surface area contributed by atoms with Crippen LogP contribution in [0.3, 0.4) is 0 Å². The first-order chi connectivity index (χ1) is 10.0. The Labute approximate surface area is 132 Å². The summed E-state index contributed by atoms with van der Waals surface area (Å²) in [5.41, 5.74) is 7.69. The second kappa shape index (κ2) is 7.28. The second-order valence-corrected chi connectivity index (χ2v) is 6.46. The van der Waals surface area contributed by atoms with Crippen LogP contribution in [0.25, 0.3) is 0 Å². The topological polar surface area (TPSA) is 46.3 Å². The number of hydrogen-bond donors (Lipinski definition) is 1. The van der Waals surface area contributed by atoms with Gasteiger partial charge in [0.15, 0.2) is 0 Å². The number of hydrogen-bond acceptors (Lipinski definition) is 2. The van der Waals surface area contributed by atoms with Crippen LogP contribution in [0, 0.1) is 6.92 Å². The summed E-state index contributed by atoms with van der Waals surface area (Å²) in [6.45, 7) is 4.87. The maximum Gasteiger partial charge on any atom is 0.254 e. The molecule has 0 aromatic heterocycles. The van der Waals surface area contributed by atoms with Crippen LogP contribution in [0.1, 0.15) is 54.9 Å². The van der Waals surface area contributed by atoms with Gasteiger partial charge in [0, 0.05) is 29.2 Å². The number of benzene rings is 1. The third-order valence-corrected chi connectivity index (χ3v) is 4.57. The molecule has 3 nitrogen and oxygen atoms in total. The Hall–Kier alpha value is -1.06. The van der Waals surface area contributed by atoms with Gasteiger partial charge in [0.25, 0.3) is 5.91 Å². The van der Waals surface area contributed by atoms with Crippen molar-refractivity contribution < 1.29 is 4.79 Å². The van der Waals surface area contributed by atoms with Crippen LogP contribution in [0.4, 0.5) is 0 Å². The van der Waals surface area contributed by atoms with Crippen molar-refractivity contribution in [3.8, 4) is 0 Å². The van der Waals surface area contributed by atoms with Gasteiger partial charge in [-0.3, -0.25) is 4.79 Å². The molecular formula is C17H25ClN2O. The summed E-state index contributed by atoms with van der Waals surface area (Å²) < 4.78 is 0. The van der Waals surface area contributed by atoms with Crippen molar-refractivity contribution in [3.63, 3.8) is 0 Å². The molecule has 0 bridgehead atoms. The van der Waals surface area contributed by atoms with Gasteiger partial charge in [0.1, 0.15) is 0 Å². The molecule has 1 aromatic rings. The van der Waals surface area contributed by atoms with Crippen molar-refractivity contribution in [1.82, 2.24) is 4.90 Å². The van der Waals surface area contributed by atoms with Crippen LogP contribution in [0.15, 0.2) is 18.2 Å². The molecule has 21 heavy (non-hydrogen) atoms. The fourth-order valence-electron chi connectivity index (χ4n) is 3.08. The highest BCUT2D eigenvalue weighted by atomic mass is 35.5. The molecule has 4 heteroatoms. The zero-order valence-electron chi connectivity index (χ0n) is 12.9. The average molecular weight is 309 g/mol. The first kappa shape index (κ1) is 16.3. The zero-order valence-corrected chi connectivity index (χ0v) is 13.7. The largest absolute Gasteiger partial charge is 0.336 e. The van der Waals surface area contributed by atoms with E-state index in [1.165, 1.54) is 0 Å². The maximum absolute atomic E-state index is 12.9. The molecular weight excluding hydrogens is 284 g/mol. The molecule has 1 saturated carbocycles. The van der Waals surface area contributed by atoms with Gasteiger partial charge in [-0.25, -0.2) is 0 Å². The first-order valence-electron chi connectivity index (χ1n) is 7.85. The summed E-state index contributed by atoms with van der Waals surface area (Å²) in [4.78, 5) is 15.0. The standard InChI is InChI=1S/C17H25ClN2O/c1-3-10-20(15-8-6-14(19)7-9-15)17(21)16-11-13(18)5-4-12(16)2/h4-5,11,14-15H,3,6-10,19H2,1-2H3. The van der Waals surface area contributed by atoms with Crippen LogP contribution in [0.5, 0.6) is 0 Å². The van der Waals surface area contributed by atoms with E-state index in [0.717, 1.165) is 49.8 Å². The third-order valence-electron chi connectivity index (χ3n) is 4.34. The molecule has 2 N–H and O–H groups in total. The Morgan fingerprint density at radius 1 is 1.33 bits per heavy atom. The van der Waals surface area contributed by atoms with Crippen molar-refractivity contribution in [1.29, 1.82) is 0 Å². The number of rotatable bonds is 4. The van der Waals surface area contributed by atoms with Gasteiger partial charge in [-0.15, -0.1) is 0 Å². The molecule has 1 amide bonds. The van der Waals surface area contributed by atoms with E-state index in [2.05, 4.69) is 6.92 Å². The van der Waals surface area contributed by atoms with E-state index in [0.29, 0.717) is 17.1 Å². The highest BCUT2D eigenvalue weighted by Crippen LogP contribution is 2.25. The van der Waals surface area contributed by atoms with E-state index >= 15 is 0 Å². The second-order valence-electron chi connectivity index (χ2n) is 6.03. The van der Waals surface area contributed by atoms with Gasteiger partial charge in [-0.2, -0.15) is 0 Å². The van der Waals surface area contributed by atoms with E-state index in [-0.39, 0.29) is 5.91 Å². The lowest BCUT2D eigenvalue weighted by Crippen LogP contribution is -2.44. The van der Waals surface area contributed by atoms with Crippen molar-refractivity contribution in [2.45, 2.75) is 58.0 Å². The Balaban J connectivity index is 2.20. The number of halogens is 1. The molecule has 0 radical (unpaired) electrons. The number of nitrogens with two attached hydrogens (primary N) is 1. The SMILES string of the molecule is CCCN(C(=O)c1cc(Cl)ccc1C)C1CCC(N)CC1. The van der Waals surface area contributed by atoms with Crippen molar-refractivity contribution in [3.05, 3.63) is 34.3 Å². The Bertz CT molecular complexity index is 496. The molecule has 0 saturated heterocycles. The molecule has 0 spiro atoms. The highest BCUT2D eigenvalue weighted by Gasteiger charge is 2.28. The van der Waals surface area contributed by atoms with Crippen LogP contribution < -0.4 is 5.73 Å². The molecule has 1 aliphatic rings. The zero-order chi connectivity index (χ0) is 15.4. The fraction of sp³-hybridized carbons (Fsp3) is 0.588.